The average Bonchev–Trinajstić information content (AvgIpc) is 2.74. The fourth-order valence-electron chi connectivity index (χ4n) is 1.28. The predicted molar refractivity (Wildman–Crippen MR) is 73.5 cm³/mol. The van der Waals surface area contributed by atoms with E-state index in [-0.39, 0.29) is 6.10 Å². The lowest BCUT2D eigenvalue weighted by molar-refractivity contribution is 0.222. The largest absolute Gasteiger partial charge is 0.461 e. The van der Waals surface area contributed by atoms with Gasteiger partial charge < -0.3 is 10.1 Å². The number of rotatable bonds is 4. The number of halogens is 1. The maximum atomic E-state index is 5.91. The van der Waals surface area contributed by atoms with Crippen LogP contribution in [-0.2, 0) is 0 Å². The second-order valence-corrected chi connectivity index (χ2v) is 5.50. The van der Waals surface area contributed by atoms with Gasteiger partial charge in [0.05, 0.1) is 15.3 Å². The van der Waals surface area contributed by atoms with E-state index in [4.69, 9.17) is 16.3 Å². The number of nitrogens with one attached hydrogen (secondary N) is 1. The summed E-state index contributed by atoms with van der Waals surface area (Å²) in [6.45, 7) is 3.84. The highest BCUT2D eigenvalue weighted by atomic mass is 35.5. The highest BCUT2D eigenvalue weighted by Gasteiger charge is 2.11. The van der Waals surface area contributed by atoms with Crippen LogP contribution in [0.3, 0.4) is 0 Å². The van der Waals surface area contributed by atoms with Gasteiger partial charge in [-0.2, -0.15) is 15.0 Å². The first-order chi connectivity index (χ1) is 8.58. The van der Waals surface area contributed by atoms with Gasteiger partial charge in [-0.1, -0.05) is 11.6 Å². The van der Waals surface area contributed by atoms with Crippen molar-refractivity contribution in [3.05, 3.63) is 16.5 Å². The maximum absolute atomic E-state index is 5.91. The van der Waals surface area contributed by atoms with Gasteiger partial charge in [0.15, 0.2) is 5.82 Å². The van der Waals surface area contributed by atoms with Crippen LogP contribution < -0.4 is 10.1 Å². The van der Waals surface area contributed by atoms with Gasteiger partial charge in [0.25, 0.3) is 0 Å². The first kappa shape index (κ1) is 13.0. The molecule has 2 aromatic rings. The standard InChI is InChI=1S/C11H13ClN4OS/c1-6(2)17-11-15-9(14-10(13-3)16-11)7-4-5-8(12)18-7/h4-6H,1-3H3,(H,13,14,15,16). The minimum absolute atomic E-state index is 0.0110. The smallest absolute Gasteiger partial charge is 0.322 e. The number of hydrogen-bond acceptors (Lipinski definition) is 6. The first-order valence-corrected chi connectivity index (χ1v) is 6.64. The maximum Gasteiger partial charge on any atom is 0.322 e. The van der Waals surface area contributed by atoms with E-state index in [9.17, 15) is 0 Å². The fourth-order valence-corrected chi connectivity index (χ4v) is 2.25. The molecular formula is C11H13ClN4OS. The van der Waals surface area contributed by atoms with E-state index in [2.05, 4.69) is 20.3 Å². The van der Waals surface area contributed by atoms with E-state index in [1.807, 2.05) is 26.0 Å². The van der Waals surface area contributed by atoms with Gasteiger partial charge in [-0.25, -0.2) is 0 Å². The molecular weight excluding hydrogens is 272 g/mol. The lowest BCUT2D eigenvalue weighted by Crippen LogP contribution is -2.10. The highest BCUT2D eigenvalue weighted by Crippen LogP contribution is 2.29. The summed E-state index contributed by atoms with van der Waals surface area (Å²) in [6.07, 6.45) is 0.0110. The van der Waals surface area contributed by atoms with Crippen molar-refractivity contribution in [1.82, 2.24) is 15.0 Å². The van der Waals surface area contributed by atoms with E-state index >= 15 is 0 Å². The summed E-state index contributed by atoms with van der Waals surface area (Å²) in [6, 6.07) is 4.00. The zero-order chi connectivity index (χ0) is 13.1. The van der Waals surface area contributed by atoms with Gasteiger partial charge in [-0.05, 0) is 26.0 Å². The topological polar surface area (TPSA) is 59.9 Å². The van der Waals surface area contributed by atoms with Crippen molar-refractivity contribution in [3.8, 4) is 16.7 Å². The molecule has 0 spiro atoms. The van der Waals surface area contributed by atoms with Crippen LogP contribution in [0.5, 0.6) is 6.01 Å². The van der Waals surface area contributed by atoms with Gasteiger partial charge in [0.2, 0.25) is 5.95 Å². The fraction of sp³-hybridized carbons (Fsp3) is 0.364. The molecule has 2 heterocycles. The lowest BCUT2D eigenvalue weighted by Gasteiger charge is -2.09. The van der Waals surface area contributed by atoms with Crippen molar-refractivity contribution in [2.45, 2.75) is 20.0 Å². The van der Waals surface area contributed by atoms with Crippen LogP contribution in [-0.4, -0.2) is 28.1 Å². The van der Waals surface area contributed by atoms with Gasteiger partial charge in [0, 0.05) is 7.05 Å². The third-order valence-electron chi connectivity index (χ3n) is 1.97. The second-order valence-electron chi connectivity index (χ2n) is 3.79. The molecule has 0 amide bonds. The molecule has 0 aliphatic heterocycles. The Morgan fingerprint density at radius 2 is 2.06 bits per heavy atom. The Hall–Kier alpha value is -1.40. The molecule has 0 bridgehead atoms. The van der Waals surface area contributed by atoms with Crippen LogP contribution in [0.4, 0.5) is 5.95 Å². The molecule has 0 aliphatic rings. The monoisotopic (exact) mass is 284 g/mol. The van der Waals surface area contributed by atoms with Gasteiger partial charge in [0.1, 0.15) is 0 Å². The molecule has 7 heteroatoms. The van der Waals surface area contributed by atoms with E-state index in [1.165, 1.54) is 11.3 Å². The van der Waals surface area contributed by atoms with E-state index in [0.717, 1.165) is 4.88 Å². The Morgan fingerprint density at radius 3 is 2.61 bits per heavy atom. The van der Waals surface area contributed by atoms with Gasteiger partial charge >= 0.3 is 6.01 Å². The number of thiophene rings is 1. The van der Waals surface area contributed by atoms with Gasteiger partial charge in [-0.3, -0.25) is 0 Å². The molecule has 2 aromatic heterocycles. The van der Waals surface area contributed by atoms with E-state index in [1.54, 1.807) is 7.05 Å². The molecule has 2 rings (SSSR count). The number of anilines is 1. The molecule has 0 unspecified atom stereocenters. The van der Waals surface area contributed by atoms with Crippen LogP contribution in [0.1, 0.15) is 13.8 Å². The number of ether oxygens (including phenoxy) is 1. The zero-order valence-corrected chi connectivity index (χ0v) is 11.8. The van der Waals surface area contributed by atoms with Crippen molar-refractivity contribution >= 4 is 28.9 Å². The Balaban J connectivity index is 2.40. The minimum atomic E-state index is 0.0110. The third kappa shape index (κ3) is 3.08. The number of nitrogens with zero attached hydrogens (tertiary/aromatic N) is 3. The summed E-state index contributed by atoms with van der Waals surface area (Å²) in [5.41, 5.74) is 0. The zero-order valence-electron chi connectivity index (χ0n) is 10.3. The van der Waals surface area contributed by atoms with Crippen molar-refractivity contribution in [1.29, 1.82) is 0 Å². The van der Waals surface area contributed by atoms with Crippen molar-refractivity contribution in [2.75, 3.05) is 12.4 Å². The molecule has 0 aromatic carbocycles. The summed E-state index contributed by atoms with van der Waals surface area (Å²) in [5, 5.41) is 2.89. The molecule has 0 fully saturated rings. The summed E-state index contributed by atoms with van der Waals surface area (Å²) in [5.74, 6) is 1.03. The quantitative estimate of drug-likeness (QED) is 0.935. The predicted octanol–water partition coefficient (Wildman–Crippen LogP) is 3.08. The Labute approximate surface area is 114 Å². The van der Waals surface area contributed by atoms with Crippen LogP contribution in [0, 0.1) is 0 Å². The Morgan fingerprint density at radius 1 is 1.28 bits per heavy atom. The Kier molecular flexibility index (Phi) is 3.98. The SMILES string of the molecule is CNc1nc(OC(C)C)nc(-c2ccc(Cl)s2)n1. The number of aromatic nitrogens is 3. The van der Waals surface area contributed by atoms with Crippen molar-refractivity contribution < 1.29 is 4.74 Å². The normalized spacial score (nSPS) is 10.7. The molecule has 18 heavy (non-hydrogen) atoms. The summed E-state index contributed by atoms with van der Waals surface area (Å²) in [7, 11) is 1.75. The van der Waals surface area contributed by atoms with Crippen LogP contribution in [0.15, 0.2) is 12.1 Å². The van der Waals surface area contributed by atoms with Crippen molar-refractivity contribution in [3.63, 3.8) is 0 Å². The summed E-state index contributed by atoms with van der Waals surface area (Å²) in [4.78, 5) is 13.6. The molecule has 0 saturated heterocycles. The van der Waals surface area contributed by atoms with Crippen LogP contribution in [0.2, 0.25) is 4.34 Å². The molecule has 0 aliphatic carbocycles. The van der Waals surface area contributed by atoms with E-state index < -0.39 is 0 Å². The lowest BCUT2D eigenvalue weighted by atomic mass is 10.4. The Bertz CT molecular complexity index is 544. The van der Waals surface area contributed by atoms with Crippen molar-refractivity contribution in [2.24, 2.45) is 0 Å². The molecule has 0 atom stereocenters. The molecule has 1 N–H and O–H groups in total. The van der Waals surface area contributed by atoms with Gasteiger partial charge in [-0.15, -0.1) is 11.3 Å². The average molecular weight is 285 g/mol. The summed E-state index contributed by atoms with van der Waals surface area (Å²) < 4.78 is 6.19. The highest BCUT2D eigenvalue weighted by molar-refractivity contribution is 7.19. The molecule has 96 valence electrons. The summed E-state index contributed by atoms with van der Waals surface area (Å²) >= 11 is 7.33. The van der Waals surface area contributed by atoms with Crippen LogP contribution >= 0.6 is 22.9 Å². The van der Waals surface area contributed by atoms with Crippen LogP contribution in [0.25, 0.3) is 10.7 Å². The third-order valence-corrected chi connectivity index (χ3v) is 3.20. The number of hydrogen-bond donors (Lipinski definition) is 1. The first-order valence-electron chi connectivity index (χ1n) is 5.44. The second kappa shape index (κ2) is 5.49. The molecule has 0 saturated carbocycles. The van der Waals surface area contributed by atoms with E-state index in [0.29, 0.717) is 22.1 Å². The minimum Gasteiger partial charge on any atom is -0.461 e. The molecule has 5 nitrogen and oxygen atoms in total. The molecule has 0 radical (unpaired) electrons.